The SMILES string of the molecule is CCC(C(N)=NO)N1CCN(C(=O)c2snnc2C)CC1. The molecule has 0 radical (unpaired) electrons. The van der Waals surface area contributed by atoms with Crippen molar-refractivity contribution in [3.8, 4) is 0 Å². The molecule has 0 aromatic carbocycles. The fourth-order valence-corrected chi connectivity index (χ4v) is 3.15. The van der Waals surface area contributed by atoms with E-state index in [1.54, 1.807) is 11.8 Å². The van der Waals surface area contributed by atoms with Crippen molar-refractivity contribution in [2.45, 2.75) is 26.3 Å². The highest BCUT2D eigenvalue weighted by Gasteiger charge is 2.29. The minimum absolute atomic E-state index is 0.0148. The first-order chi connectivity index (χ1) is 10.1. The summed E-state index contributed by atoms with van der Waals surface area (Å²) in [5.74, 6) is 0.207. The van der Waals surface area contributed by atoms with Crippen molar-refractivity contribution in [2.75, 3.05) is 26.2 Å². The lowest BCUT2D eigenvalue weighted by molar-refractivity contribution is 0.0612. The molecular formula is C12H20N6O2S. The van der Waals surface area contributed by atoms with Gasteiger partial charge in [-0.1, -0.05) is 16.6 Å². The van der Waals surface area contributed by atoms with Crippen LogP contribution >= 0.6 is 11.5 Å². The molecule has 2 heterocycles. The molecular weight excluding hydrogens is 292 g/mol. The van der Waals surface area contributed by atoms with Crippen LogP contribution in [0.5, 0.6) is 0 Å². The van der Waals surface area contributed by atoms with E-state index in [0.717, 1.165) is 18.0 Å². The number of piperazine rings is 1. The van der Waals surface area contributed by atoms with Crippen LogP contribution in [0, 0.1) is 6.92 Å². The Hall–Kier alpha value is -1.74. The molecule has 1 aromatic rings. The highest BCUT2D eigenvalue weighted by Crippen LogP contribution is 2.16. The zero-order valence-corrected chi connectivity index (χ0v) is 13.0. The molecule has 1 fully saturated rings. The molecule has 9 heteroatoms. The Kier molecular flexibility index (Phi) is 5.07. The van der Waals surface area contributed by atoms with Crippen LogP contribution in [0.3, 0.4) is 0 Å². The molecule has 21 heavy (non-hydrogen) atoms. The normalized spacial score (nSPS) is 18.8. The second-order valence-electron chi connectivity index (χ2n) is 4.96. The smallest absolute Gasteiger partial charge is 0.267 e. The summed E-state index contributed by atoms with van der Waals surface area (Å²) < 4.78 is 3.80. The van der Waals surface area contributed by atoms with Crippen molar-refractivity contribution >= 4 is 23.3 Å². The zero-order chi connectivity index (χ0) is 15.4. The Balaban J connectivity index is 1.97. The lowest BCUT2D eigenvalue weighted by Crippen LogP contribution is -2.55. The van der Waals surface area contributed by atoms with Crippen LogP contribution in [0.2, 0.25) is 0 Å². The molecule has 116 valence electrons. The van der Waals surface area contributed by atoms with Crippen molar-refractivity contribution in [3.63, 3.8) is 0 Å². The van der Waals surface area contributed by atoms with E-state index in [9.17, 15) is 4.79 Å². The standard InChI is InChI=1S/C12H20N6O2S/c1-3-9(11(13)15-20)17-4-6-18(7-5-17)12(19)10-8(2)14-16-21-10/h9,20H,3-7H2,1-2H3,(H2,13,15). The molecule has 0 saturated carbocycles. The number of aryl methyl sites for hydroxylation is 1. The number of aromatic nitrogens is 2. The van der Waals surface area contributed by atoms with Gasteiger partial charge in [-0.05, 0) is 24.9 Å². The molecule has 1 aliphatic rings. The minimum atomic E-state index is -0.0842. The summed E-state index contributed by atoms with van der Waals surface area (Å²) in [7, 11) is 0. The molecule has 0 aliphatic carbocycles. The molecule has 3 N–H and O–H groups in total. The Bertz CT molecular complexity index is 524. The van der Waals surface area contributed by atoms with E-state index in [1.165, 1.54) is 0 Å². The third kappa shape index (κ3) is 3.30. The topological polar surface area (TPSA) is 108 Å². The van der Waals surface area contributed by atoms with Crippen LogP contribution in [0.25, 0.3) is 0 Å². The summed E-state index contributed by atoms with van der Waals surface area (Å²) in [6.07, 6.45) is 0.766. The molecule has 1 aromatic heterocycles. The fourth-order valence-electron chi connectivity index (χ4n) is 2.53. The van der Waals surface area contributed by atoms with E-state index < -0.39 is 0 Å². The van der Waals surface area contributed by atoms with E-state index in [2.05, 4.69) is 19.6 Å². The summed E-state index contributed by atoms with van der Waals surface area (Å²) in [6.45, 7) is 6.42. The van der Waals surface area contributed by atoms with Gasteiger partial charge in [0.25, 0.3) is 5.91 Å². The lowest BCUT2D eigenvalue weighted by Gasteiger charge is -2.38. The largest absolute Gasteiger partial charge is 0.409 e. The van der Waals surface area contributed by atoms with Crippen molar-refractivity contribution < 1.29 is 10.0 Å². The number of nitrogens with zero attached hydrogens (tertiary/aromatic N) is 5. The van der Waals surface area contributed by atoms with E-state index in [-0.39, 0.29) is 17.8 Å². The third-order valence-electron chi connectivity index (χ3n) is 3.73. The quantitative estimate of drug-likeness (QED) is 0.354. The highest BCUT2D eigenvalue weighted by molar-refractivity contribution is 7.07. The van der Waals surface area contributed by atoms with Gasteiger partial charge in [0, 0.05) is 26.2 Å². The first-order valence-electron chi connectivity index (χ1n) is 6.88. The van der Waals surface area contributed by atoms with Gasteiger partial charge < -0.3 is 15.8 Å². The fraction of sp³-hybridized carbons (Fsp3) is 0.667. The molecule has 1 atom stereocenters. The molecule has 1 unspecified atom stereocenters. The van der Waals surface area contributed by atoms with E-state index in [4.69, 9.17) is 10.9 Å². The van der Waals surface area contributed by atoms with Crippen LogP contribution in [-0.4, -0.2) is 68.6 Å². The number of hydrogen-bond donors (Lipinski definition) is 2. The molecule has 1 saturated heterocycles. The zero-order valence-electron chi connectivity index (χ0n) is 12.2. The van der Waals surface area contributed by atoms with Crippen LogP contribution in [0.4, 0.5) is 0 Å². The van der Waals surface area contributed by atoms with Crippen LogP contribution in [-0.2, 0) is 0 Å². The monoisotopic (exact) mass is 312 g/mol. The van der Waals surface area contributed by atoms with Crippen molar-refractivity contribution in [1.29, 1.82) is 0 Å². The molecule has 2 rings (SSSR count). The van der Waals surface area contributed by atoms with Gasteiger partial charge in [0.1, 0.15) is 4.88 Å². The summed E-state index contributed by atoms with van der Waals surface area (Å²) in [4.78, 5) is 16.9. The van der Waals surface area contributed by atoms with Gasteiger partial charge in [-0.3, -0.25) is 9.69 Å². The third-order valence-corrected chi connectivity index (χ3v) is 4.55. The van der Waals surface area contributed by atoms with Gasteiger partial charge in [0.05, 0.1) is 11.7 Å². The Morgan fingerprint density at radius 1 is 1.48 bits per heavy atom. The van der Waals surface area contributed by atoms with Gasteiger partial charge in [0.15, 0.2) is 5.84 Å². The predicted octanol–water partition coefficient (Wildman–Crippen LogP) is 0.129. The summed E-state index contributed by atoms with van der Waals surface area (Å²) in [5, 5.41) is 15.8. The first kappa shape index (κ1) is 15.6. The summed E-state index contributed by atoms with van der Waals surface area (Å²) in [6, 6.07) is -0.0842. The number of nitrogens with two attached hydrogens (primary N) is 1. The average molecular weight is 312 g/mol. The average Bonchev–Trinajstić information content (AvgIpc) is 2.94. The van der Waals surface area contributed by atoms with Crippen molar-refractivity contribution in [2.24, 2.45) is 10.9 Å². The van der Waals surface area contributed by atoms with Gasteiger partial charge in [-0.2, -0.15) is 0 Å². The Morgan fingerprint density at radius 3 is 2.62 bits per heavy atom. The van der Waals surface area contributed by atoms with Crippen molar-refractivity contribution in [1.82, 2.24) is 19.4 Å². The van der Waals surface area contributed by atoms with Gasteiger partial charge in [0.2, 0.25) is 0 Å². The lowest BCUT2D eigenvalue weighted by atomic mass is 10.1. The van der Waals surface area contributed by atoms with E-state index >= 15 is 0 Å². The number of carbonyl (C=O) groups is 1. The maximum atomic E-state index is 12.4. The van der Waals surface area contributed by atoms with Gasteiger partial charge in [-0.25, -0.2) is 0 Å². The van der Waals surface area contributed by atoms with Crippen LogP contribution in [0.1, 0.15) is 28.7 Å². The predicted molar refractivity (Wildman–Crippen MR) is 79.6 cm³/mol. The summed E-state index contributed by atoms with van der Waals surface area (Å²) in [5.41, 5.74) is 6.39. The summed E-state index contributed by atoms with van der Waals surface area (Å²) >= 11 is 1.13. The van der Waals surface area contributed by atoms with E-state index in [1.807, 2.05) is 6.92 Å². The minimum Gasteiger partial charge on any atom is -0.409 e. The molecule has 8 nitrogen and oxygen atoms in total. The Labute approximate surface area is 127 Å². The van der Waals surface area contributed by atoms with Crippen molar-refractivity contribution in [3.05, 3.63) is 10.6 Å². The van der Waals surface area contributed by atoms with Crippen LogP contribution < -0.4 is 5.73 Å². The Morgan fingerprint density at radius 2 is 2.14 bits per heavy atom. The number of amides is 1. The second kappa shape index (κ2) is 6.81. The number of hydrogen-bond acceptors (Lipinski definition) is 7. The van der Waals surface area contributed by atoms with Gasteiger partial charge >= 0.3 is 0 Å². The molecule has 1 amide bonds. The number of carbonyl (C=O) groups excluding carboxylic acids is 1. The second-order valence-corrected chi connectivity index (χ2v) is 5.72. The van der Waals surface area contributed by atoms with E-state index in [0.29, 0.717) is 36.8 Å². The molecule has 0 spiro atoms. The van der Waals surface area contributed by atoms with Crippen LogP contribution in [0.15, 0.2) is 5.16 Å². The molecule has 0 bridgehead atoms. The first-order valence-corrected chi connectivity index (χ1v) is 7.65. The van der Waals surface area contributed by atoms with Gasteiger partial charge in [-0.15, -0.1) is 5.10 Å². The highest BCUT2D eigenvalue weighted by atomic mass is 32.1. The molecule has 1 aliphatic heterocycles. The maximum absolute atomic E-state index is 12.4. The number of amidine groups is 1. The number of oxime groups is 1. The number of rotatable bonds is 4. The maximum Gasteiger partial charge on any atom is 0.267 e.